The number of rotatable bonds is 2. The van der Waals surface area contributed by atoms with Crippen LogP contribution in [0.5, 0.6) is 0 Å². The zero-order chi connectivity index (χ0) is 14.1. The molecule has 5 nitrogen and oxygen atoms in total. The summed E-state index contributed by atoms with van der Waals surface area (Å²) in [5, 5.41) is 1.09. The molecule has 1 aromatic heterocycles. The molecule has 0 aliphatic carbocycles. The van der Waals surface area contributed by atoms with Crippen molar-refractivity contribution in [3.63, 3.8) is 0 Å². The van der Waals surface area contributed by atoms with Crippen LogP contribution < -0.4 is 10.6 Å². The van der Waals surface area contributed by atoms with Gasteiger partial charge in [0.25, 0.3) is 0 Å². The van der Waals surface area contributed by atoms with Crippen molar-refractivity contribution in [2.45, 2.75) is 18.9 Å². The van der Waals surface area contributed by atoms with Crippen molar-refractivity contribution in [1.29, 1.82) is 0 Å². The molecule has 0 radical (unpaired) electrons. The number of fused-ring (bicyclic) bond motifs is 1. The molecule has 106 valence electrons. The van der Waals surface area contributed by atoms with Crippen molar-refractivity contribution < 1.29 is 0 Å². The third kappa shape index (κ3) is 2.41. The first-order valence-corrected chi connectivity index (χ1v) is 7.09. The number of hydrogen-bond acceptors (Lipinski definition) is 5. The van der Waals surface area contributed by atoms with Crippen LogP contribution in [0.25, 0.3) is 10.9 Å². The van der Waals surface area contributed by atoms with Crippen molar-refractivity contribution in [1.82, 2.24) is 14.9 Å². The number of piperidine rings is 1. The Bertz CT molecular complexity index is 602. The zero-order valence-corrected chi connectivity index (χ0v) is 12.1. The lowest BCUT2D eigenvalue weighted by molar-refractivity contribution is 0.249. The lowest BCUT2D eigenvalue weighted by Crippen LogP contribution is -2.42. The highest BCUT2D eigenvalue weighted by Gasteiger charge is 2.23. The molecule has 2 N–H and O–H groups in total. The summed E-state index contributed by atoms with van der Waals surface area (Å²) in [6, 6.07) is 8.73. The SMILES string of the molecule is CN(C)C1CCN(c2nc(N)nc3ccccc23)CC1. The Morgan fingerprint density at radius 3 is 2.55 bits per heavy atom. The number of nitrogen functional groups attached to an aromatic ring is 1. The van der Waals surface area contributed by atoms with Gasteiger partial charge < -0.3 is 15.5 Å². The van der Waals surface area contributed by atoms with Crippen LogP contribution in [-0.4, -0.2) is 48.1 Å². The third-order valence-corrected chi connectivity index (χ3v) is 4.09. The van der Waals surface area contributed by atoms with Crippen LogP contribution in [0.15, 0.2) is 24.3 Å². The van der Waals surface area contributed by atoms with E-state index in [2.05, 4.69) is 39.9 Å². The van der Waals surface area contributed by atoms with Gasteiger partial charge in [-0.1, -0.05) is 12.1 Å². The van der Waals surface area contributed by atoms with E-state index in [-0.39, 0.29) is 0 Å². The van der Waals surface area contributed by atoms with Crippen molar-refractivity contribution in [3.8, 4) is 0 Å². The van der Waals surface area contributed by atoms with Gasteiger partial charge in [-0.25, -0.2) is 4.98 Å². The molecule has 1 aliphatic rings. The van der Waals surface area contributed by atoms with Crippen LogP contribution in [0.1, 0.15) is 12.8 Å². The molecule has 1 aromatic carbocycles. The van der Waals surface area contributed by atoms with Gasteiger partial charge in [-0.2, -0.15) is 4.98 Å². The molecule has 0 amide bonds. The van der Waals surface area contributed by atoms with Gasteiger partial charge in [0.1, 0.15) is 5.82 Å². The Kier molecular flexibility index (Phi) is 3.44. The minimum Gasteiger partial charge on any atom is -0.368 e. The maximum Gasteiger partial charge on any atom is 0.222 e. The number of anilines is 2. The summed E-state index contributed by atoms with van der Waals surface area (Å²) in [4.78, 5) is 13.4. The van der Waals surface area contributed by atoms with Crippen LogP contribution in [0.2, 0.25) is 0 Å². The number of nitrogens with two attached hydrogens (primary N) is 1. The second kappa shape index (κ2) is 5.25. The molecule has 0 spiro atoms. The van der Waals surface area contributed by atoms with Crippen LogP contribution >= 0.6 is 0 Å². The van der Waals surface area contributed by atoms with E-state index in [0.717, 1.165) is 42.7 Å². The molecule has 2 heterocycles. The molecule has 1 saturated heterocycles. The molecule has 0 unspecified atom stereocenters. The minimum absolute atomic E-state index is 0.355. The molecule has 1 fully saturated rings. The third-order valence-electron chi connectivity index (χ3n) is 4.09. The maximum atomic E-state index is 5.85. The van der Waals surface area contributed by atoms with E-state index in [9.17, 15) is 0 Å². The number of benzene rings is 1. The summed E-state index contributed by atoms with van der Waals surface area (Å²) in [7, 11) is 4.30. The molecule has 2 aromatic rings. The molecular formula is C15H21N5. The van der Waals surface area contributed by atoms with E-state index in [1.165, 1.54) is 0 Å². The van der Waals surface area contributed by atoms with E-state index < -0.39 is 0 Å². The molecular weight excluding hydrogens is 250 g/mol. The van der Waals surface area contributed by atoms with Gasteiger partial charge in [-0.15, -0.1) is 0 Å². The number of para-hydroxylation sites is 1. The van der Waals surface area contributed by atoms with Crippen LogP contribution in [0.4, 0.5) is 11.8 Å². The topological polar surface area (TPSA) is 58.3 Å². The van der Waals surface area contributed by atoms with E-state index in [1.807, 2.05) is 18.2 Å². The summed E-state index contributed by atoms with van der Waals surface area (Å²) < 4.78 is 0. The molecule has 0 saturated carbocycles. The van der Waals surface area contributed by atoms with Gasteiger partial charge in [-0.3, -0.25) is 0 Å². The fraction of sp³-hybridized carbons (Fsp3) is 0.467. The summed E-state index contributed by atoms with van der Waals surface area (Å²) in [6.07, 6.45) is 2.32. The summed E-state index contributed by atoms with van der Waals surface area (Å²) >= 11 is 0. The fourth-order valence-corrected chi connectivity index (χ4v) is 2.91. The highest BCUT2D eigenvalue weighted by atomic mass is 15.2. The standard InChI is InChI=1S/C15H21N5/c1-19(2)11-7-9-20(10-8-11)14-12-5-3-4-6-13(12)17-15(16)18-14/h3-6,11H,7-10H2,1-2H3,(H2,16,17,18). The van der Waals surface area contributed by atoms with Crippen LogP contribution in [0.3, 0.4) is 0 Å². The largest absolute Gasteiger partial charge is 0.368 e. The Morgan fingerprint density at radius 2 is 1.85 bits per heavy atom. The maximum absolute atomic E-state index is 5.85. The van der Waals surface area contributed by atoms with Gasteiger partial charge >= 0.3 is 0 Å². The van der Waals surface area contributed by atoms with Crippen molar-refractivity contribution in [2.75, 3.05) is 37.8 Å². The molecule has 1 aliphatic heterocycles. The van der Waals surface area contributed by atoms with E-state index in [1.54, 1.807) is 0 Å². The quantitative estimate of drug-likeness (QED) is 0.901. The molecule has 20 heavy (non-hydrogen) atoms. The molecule has 3 rings (SSSR count). The lowest BCUT2D eigenvalue weighted by atomic mass is 10.0. The fourth-order valence-electron chi connectivity index (χ4n) is 2.91. The van der Waals surface area contributed by atoms with Gasteiger partial charge in [0.05, 0.1) is 5.52 Å². The predicted octanol–water partition coefficient (Wildman–Crippen LogP) is 1.74. The molecule has 0 bridgehead atoms. The monoisotopic (exact) mass is 271 g/mol. The van der Waals surface area contributed by atoms with Gasteiger partial charge in [-0.05, 0) is 39.1 Å². The van der Waals surface area contributed by atoms with Crippen LogP contribution in [-0.2, 0) is 0 Å². The minimum atomic E-state index is 0.355. The normalized spacial score (nSPS) is 17.1. The summed E-state index contributed by atoms with van der Waals surface area (Å²) in [6.45, 7) is 2.03. The predicted molar refractivity (Wildman–Crippen MR) is 82.9 cm³/mol. The highest BCUT2D eigenvalue weighted by Crippen LogP contribution is 2.27. The Morgan fingerprint density at radius 1 is 1.15 bits per heavy atom. The van der Waals surface area contributed by atoms with E-state index in [4.69, 9.17) is 5.73 Å². The second-order valence-corrected chi connectivity index (χ2v) is 5.60. The Labute approximate surface area is 119 Å². The average molecular weight is 271 g/mol. The Balaban J connectivity index is 1.91. The smallest absolute Gasteiger partial charge is 0.222 e. The lowest BCUT2D eigenvalue weighted by Gasteiger charge is -2.36. The second-order valence-electron chi connectivity index (χ2n) is 5.60. The summed E-state index contributed by atoms with van der Waals surface area (Å²) in [5.74, 6) is 1.33. The van der Waals surface area contributed by atoms with Gasteiger partial charge in [0.15, 0.2) is 0 Å². The van der Waals surface area contributed by atoms with E-state index >= 15 is 0 Å². The van der Waals surface area contributed by atoms with Gasteiger partial charge in [0, 0.05) is 24.5 Å². The summed E-state index contributed by atoms with van der Waals surface area (Å²) in [5.41, 5.74) is 6.77. The van der Waals surface area contributed by atoms with Gasteiger partial charge in [0.2, 0.25) is 5.95 Å². The van der Waals surface area contributed by atoms with Crippen molar-refractivity contribution in [3.05, 3.63) is 24.3 Å². The number of hydrogen-bond donors (Lipinski definition) is 1. The Hall–Kier alpha value is -1.88. The first-order chi connectivity index (χ1) is 9.65. The number of aromatic nitrogens is 2. The van der Waals surface area contributed by atoms with Crippen molar-refractivity contribution in [2.24, 2.45) is 0 Å². The van der Waals surface area contributed by atoms with Crippen LogP contribution in [0, 0.1) is 0 Å². The zero-order valence-electron chi connectivity index (χ0n) is 12.1. The average Bonchev–Trinajstić information content (AvgIpc) is 2.46. The molecule has 0 atom stereocenters. The van der Waals surface area contributed by atoms with E-state index in [0.29, 0.717) is 12.0 Å². The van der Waals surface area contributed by atoms with Crippen molar-refractivity contribution >= 4 is 22.7 Å². The first-order valence-electron chi connectivity index (χ1n) is 7.09. The highest BCUT2D eigenvalue weighted by molar-refractivity contribution is 5.90. The number of nitrogens with zero attached hydrogens (tertiary/aromatic N) is 4. The molecule has 5 heteroatoms. The first kappa shape index (κ1) is 13.1.